The van der Waals surface area contributed by atoms with Gasteiger partial charge in [0.25, 0.3) is 10.0 Å². The highest BCUT2D eigenvalue weighted by molar-refractivity contribution is 7.94. The molecule has 1 aliphatic heterocycles. The van der Waals surface area contributed by atoms with Gasteiger partial charge in [0.2, 0.25) is 11.8 Å². The molecule has 1 saturated heterocycles. The van der Waals surface area contributed by atoms with Gasteiger partial charge in [-0.3, -0.25) is 0 Å². The van der Waals surface area contributed by atoms with Crippen LogP contribution in [-0.4, -0.2) is 61.5 Å². The van der Waals surface area contributed by atoms with Crippen molar-refractivity contribution in [1.82, 2.24) is 20.3 Å². The van der Waals surface area contributed by atoms with Crippen molar-refractivity contribution in [3.63, 3.8) is 0 Å². The zero-order valence-corrected chi connectivity index (χ0v) is 25.0. The molecule has 222 valence electrons. The number of aryl methyl sites for hydroxylation is 1. The molecule has 0 amide bonds. The standard InChI is InChI=1S/C29H32ClFN6O4S/c1-18-8-9-21-22(10-11-24(31)26(21)37(30)42(38,39)17-19(2)40-3)27(18)41-28-23(7-5-14-33-28)25-12-15-34-29(36-25)35-20-6-4-13-32-16-20/h5,7-12,14-15,19-20,32H,4,6,13,16-17H2,1-3H3,(H,34,35,36)/t19-,20+/m1/s1. The van der Waals surface area contributed by atoms with E-state index < -0.39 is 27.7 Å². The number of piperidine rings is 1. The van der Waals surface area contributed by atoms with E-state index >= 15 is 4.39 Å². The second-order valence-electron chi connectivity index (χ2n) is 10.2. The van der Waals surface area contributed by atoms with Crippen molar-refractivity contribution in [1.29, 1.82) is 0 Å². The Hall–Kier alpha value is -3.58. The van der Waals surface area contributed by atoms with Crippen LogP contribution in [0.2, 0.25) is 0 Å². The molecule has 13 heteroatoms. The van der Waals surface area contributed by atoms with Gasteiger partial charge in [-0.2, -0.15) is 3.82 Å². The lowest BCUT2D eigenvalue weighted by Gasteiger charge is -2.23. The Morgan fingerprint density at radius 3 is 2.74 bits per heavy atom. The van der Waals surface area contributed by atoms with Crippen molar-refractivity contribution < 1.29 is 22.3 Å². The summed E-state index contributed by atoms with van der Waals surface area (Å²) in [5.74, 6) is -0.0748. The number of sulfonamides is 1. The molecule has 1 fully saturated rings. The normalized spacial score (nSPS) is 16.3. The molecule has 0 saturated carbocycles. The maximum atomic E-state index is 15.2. The highest BCUT2D eigenvalue weighted by Crippen LogP contribution is 2.41. The summed E-state index contributed by atoms with van der Waals surface area (Å²) in [5, 5.41) is 7.47. The average molecular weight is 615 g/mol. The van der Waals surface area contributed by atoms with Crippen LogP contribution < -0.4 is 19.2 Å². The number of nitrogens with zero attached hydrogens (tertiary/aromatic N) is 4. The zero-order valence-electron chi connectivity index (χ0n) is 23.5. The lowest BCUT2D eigenvalue weighted by molar-refractivity contribution is 0.136. The van der Waals surface area contributed by atoms with Gasteiger partial charge in [-0.15, -0.1) is 0 Å². The lowest BCUT2D eigenvalue weighted by atomic mass is 10.0. The predicted octanol–water partition coefficient (Wildman–Crippen LogP) is 5.42. The van der Waals surface area contributed by atoms with Crippen LogP contribution in [0.3, 0.4) is 0 Å². The van der Waals surface area contributed by atoms with E-state index in [1.165, 1.54) is 13.2 Å². The number of ether oxygens (including phenoxy) is 2. The first-order valence-corrected chi connectivity index (χ1v) is 15.5. The summed E-state index contributed by atoms with van der Waals surface area (Å²) < 4.78 is 53.0. The highest BCUT2D eigenvalue weighted by Gasteiger charge is 2.29. The third-order valence-electron chi connectivity index (χ3n) is 7.07. The van der Waals surface area contributed by atoms with E-state index in [0.29, 0.717) is 32.2 Å². The zero-order chi connectivity index (χ0) is 29.9. The minimum Gasteiger partial charge on any atom is -0.437 e. The molecule has 0 unspecified atom stereocenters. The molecule has 0 aliphatic carbocycles. The van der Waals surface area contributed by atoms with E-state index in [2.05, 4.69) is 20.6 Å². The summed E-state index contributed by atoms with van der Waals surface area (Å²) in [4.78, 5) is 13.6. The van der Waals surface area contributed by atoms with E-state index in [9.17, 15) is 8.42 Å². The largest absolute Gasteiger partial charge is 0.437 e. The van der Waals surface area contributed by atoms with Crippen LogP contribution in [-0.2, 0) is 14.8 Å². The summed E-state index contributed by atoms with van der Waals surface area (Å²) in [6.07, 6.45) is 4.73. The second-order valence-corrected chi connectivity index (χ2v) is 12.6. The van der Waals surface area contributed by atoms with Gasteiger partial charge < -0.3 is 20.1 Å². The third-order valence-corrected chi connectivity index (χ3v) is 9.43. The average Bonchev–Trinajstić information content (AvgIpc) is 2.99. The quantitative estimate of drug-likeness (QED) is 0.226. The number of benzene rings is 2. The fourth-order valence-electron chi connectivity index (χ4n) is 4.83. The van der Waals surface area contributed by atoms with Gasteiger partial charge in [-0.05, 0) is 69.1 Å². The number of hydrogen-bond donors (Lipinski definition) is 2. The minimum absolute atomic E-state index is 0.231. The number of hydrogen-bond acceptors (Lipinski definition) is 9. The van der Waals surface area contributed by atoms with Gasteiger partial charge in [0.05, 0.1) is 23.1 Å². The number of nitrogens with one attached hydrogen (secondary N) is 2. The molecule has 0 bridgehead atoms. The van der Waals surface area contributed by atoms with Crippen LogP contribution in [0.25, 0.3) is 22.0 Å². The molecule has 0 spiro atoms. The van der Waals surface area contributed by atoms with Crippen molar-refractivity contribution >= 4 is 44.2 Å². The summed E-state index contributed by atoms with van der Waals surface area (Å²) in [5.41, 5.74) is 1.66. The number of pyridine rings is 1. The number of halogens is 2. The van der Waals surface area contributed by atoms with Crippen LogP contribution in [0, 0.1) is 12.7 Å². The Bertz CT molecular complexity index is 1690. The van der Waals surface area contributed by atoms with Gasteiger partial charge >= 0.3 is 0 Å². The topological polar surface area (TPSA) is 119 Å². The van der Waals surface area contributed by atoms with E-state index in [1.54, 1.807) is 43.6 Å². The fourth-order valence-corrected chi connectivity index (χ4v) is 6.49. The number of methoxy groups -OCH3 is 1. The van der Waals surface area contributed by atoms with Crippen LogP contribution in [0.15, 0.2) is 54.9 Å². The van der Waals surface area contributed by atoms with E-state index in [-0.39, 0.29) is 23.0 Å². The van der Waals surface area contributed by atoms with Crippen molar-refractivity contribution in [3.8, 4) is 22.9 Å². The molecular formula is C29H32ClFN6O4S. The maximum Gasteiger partial charge on any atom is 0.251 e. The number of anilines is 2. The molecule has 5 rings (SSSR count). The smallest absolute Gasteiger partial charge is 0.251 e. The molecule has 2 N–H and O–H groups in total. The van der Waals surface area contributed by atoms with Crippen LogP contribution in [0.4, 0.5) is 16.0 Å². The summed E-state index contributed by atoms with van der Waals surface area (Å²) in [6, 6.07) is 11.6. The van der Waals surface area contributed by atoms with E-state index in [1.807, 2.05) is 13.0 Å². The van der Waals surface area contributed by atoms with Crippen molar-refractivity contribution in [2.75, 3.05) is 35.1 Å². The Morgan fingerprint density at radius 2 is 1.98 bits per heavy atom. The Balaban J connectivity index is 1.52. The Morgan fingerprint density at radius 1 is 1.17 bits per heavy atom. The number of rotatable bonds is 10. The van der Waals surface area contributed by atoms with Crippen molar-refractivity contribution in [3.05, 3.63) is 66.2 Å². The van der Waals surface area contributed by atoms with Crippen LogP contribution in [0.5, 0.6) is 11.6 Å². The first-order valence-electron chi connectivity index (χ1n) is 13.5. The molecule has 2 aromatic heterocycles. The first kappa shape index (κ1) is 29.9. The third kappa shape index (κ3) is 6.41. The molecule has 3 heterocycles. The second kappa shape index (κ2) is 12.7. The molecule has 4 aromatic rings. The highest BCUT2D eigenvalue weighted by atomic mass is 35.5. The molecule has 0 radical (unpaired) electrons. The van der Waals surface area contributed by atoms with Gasteiger partial charge in [-0.25, -0.2) is 27.8 Å². The van der Waals surface area contributed by atoms with E-state index in [4.69, 9.17) is 26.2 Å². The summed E-state index contributed by atoms with van der Waals surface area (Å²) >= 11 is 6.30. The molecule has 2 aromatic carbocycles. The van der Waals surface area contributed by atoms with Gasteiger partial charge in [0.15, 0.2) is 0 Å². The molecule has 42 heavy (non-hydrogen) atoms. The Labute approximate surface area is 249 Å². The molecule has 10 nitrogen and oxygen atoms in total. The lowest BCUT2D eigenvalue weighted by Crippen LogP contribution is -2.38. The van der Waals surface area contributed by atoms with Gasteiger partial charge in [0.1, 0.15) is 17.3 Å². The molecule has 1 aliphatic rings. The van der Waals surface area contributed by atoms with E-state index in [0.717, 1.165) is 37.6 Å². The van der Waals surface area contributed by atoms with Gasteiger partial charge in [-0.1, -0.05) is 12.1 Å². The monoisotopic (exact) mass is 614 g/mol. The first-order chi connectivity index (χ1) is 20.2. The van der Waals surface area contributed by atoms with Crippen molar-refractivity contribution in [2.45, 2.75) is 38.8 Å². The predicted molar refractivity (Wildman–Crippen MR) is 162 cm³/mol. The Kier molecular flexibility index (Phi) is 9.07. The molecule has 2 atom stereocenters. The number of aromatic nitrogens is 3. The van der Waals surface area contributed by atoms with Crippen LogP contribution >= 0.6 is 11.8 Å². The molecular weight excluding hydrogens is 583 g/mol. The summed E-state index contributed by atoms with van der Waals surface area (Å²) in [7, 11) is -2.73. The fraction of sp³-hybridized carbons (Fsp3) is 0.345. The SMILES string of the molecule is CO[C@H](C)CS(=O)(=O)N(Cl)c1c(F)ccc2c(Oc3ncccc3-c3ccnc(N[C@H]4CCCNC4)n3)c(C)ccc12. The maximum absolute atomic E-state index is 15.2. The summed E-state index contributed by atoms with van der Waals surface area (Å²) in [6.45, 7) is 5.26. The minimum atomic E-state index is -4.12. The van der Waals surface area contributed by atoms with Crippen LogP contribution in [0.1, 0.15) is 25.3 Å². The van der Waals surface area contributed by atoms with Gasteiger partial charge in [0, 0.05) is 54.6 Å². The number of fused-ring (bicyclic) bond motifs is 1. The van der Waals surface area contributed by atoms with Crippen molar-refractivity contribution in [2.24, 2.45) is 0 Å².